The molecule has 92 valence electrons. The number of hydrogen-bond acceptors (Lipinski definition) is 4. The van der Waals surface area contributed by atoms with E-state index in [1.165, 1.54) is 5.56 Å². The van der Waals surface area contributed by atoms with Crippen LogP contribution in [0.4, 0.5) is 0 Å². The Morgan fingerprint density at radius 2 is 2.06 bits per heavy atom. The number of hydrazine groups is 1. The van der Waals surface area contributed by atoms with Crippen molar-refractivity contribution in [2.45, 2.75) is 19.5 Å². The summed E-state index contributed by atoms with van der Waals surface area (Å²) >= 11 is 0. The van der Waals surface area contributed by atoms with Gasteiger partial charge in [0.25, 0.3) is 0 Å². The van der Waals surface area contributed by atoms with Gasteiger partial charge in [0.2, 0.25) is 0 Å². The zero-order valence-corrected chi connectivity index (χ0v) is 10.2. The molecule has 0 amide bonds. The first-order valence-corrected chi connectivity index (χ1v) is 5.91. The number of nitrogens with zero attached hydrogens (tertiary/aromatic N) is 2. The van der Waals surface area contributed by atoms with Crippen molar-refractivity contribution in [2.75, 3.05) is 13.1 Å². The third-order valence-electron chi connectivity index (χ3n) is 3.24. The third-order valence-corrected chi connectivity index (χ3v) is 3.24. The second-order valence-electron chi connectivity index (χ2n) is 4.55. The summed E-state index contributed by atoms with van der Waals surface area (Å²) in [7, 11) is 0. The first-order valence-electron chi connectivity index (χ1n) is 5.91. The van der Waals surface area contributed by atoms with Gasteiger partial charge in [0.05, 0.1) is 5.70 Å². The molecule has 1 aromatic rings. The van der Waals surface area contributed by atoms with Gasteiger partial charge in [-0.1, -0.05) is 30.3 Å². The van der Waals surface area contributed by atoms with Gasteiger partial charge in [-0.3, -0.25) is 4.90 Å². The minimum Gasteiger partial charge on any atom is -0.403 e. The summed E-state index contributed by atoms with van der Waals surface area (Å²) in [5, 5.41) is 1.74. The van der Waals surface area contributed by atoms with E-state index < -0.39 is 0 Å². The van der Waals surface area contributed by atoms with Gasteiger partial charge in [0, 0.05) is 31.9 Å². The molecule has 1 heterocycles. The molecule has 0 spiro atoms. The normalized spacial score (nSPS) is 24.2. The second-order valence-corrected chi connectivity index (χ2v) is 4.55. The third kappa shape index (κ3) is 2.78. The number of nitrogens with two attached hydrogens (primary N) is 2. The predicted molar refractivity (Wildman–Crippen MR) is 69.5 cm³/mol. The molecular formula is C13H20N4. The second kappa shape index (κ2) is 5.21. The molecule has 4 heteroatoms. The Morgan fingerprint density at radius 3 is 2.71 bits per heavy atom. The molecule has 4 nitrogen and oxygen atoms in total. The standard InChI is InChI=1S/C13H20N4/c1-11-8-17(15)13(7-14)10-16(11)9-12-5-3-2-4-6-12/h2-7,11H,8-10,14-15H2,1H3/b13-7-. The Kier molecular flexibility index (Phi) is 3.66. The van der Waals surface area contributed by atoms with Crippen molar-refractivity contribution in [2.24, 2.45) is 11.6 Å². The van der Waals surface area contributed by atoms with Crippen LogP contribution in [-0.2, 0) is 6.54 Å². The lowest BCUT2D eigenvalue weighted by Gasteiger charge is -2.40. The van der Waals surface area contributed by atoms with Crippen molar-refractivity contribution < 1.29 is 0 Å². The molecule has 1 fully saturated rings. The van der Waals surface area contributed by atoms with Crippen molar-refractivity contribution in [3.05, 3.63) is 47.8 Å². The summed E-state index contributed by atoms with van der Waals surface area (Å²) in [5.41, 5.74) is 7.89. The van der Waals surface area contributed by atoms with Crippen LogP contribution in [0.15, 0.2) is 42.2 Å². The quantitative estimate of drug-likeness (QED) is 0.743. The van der Waals surface area contributed by atoms with Crippen molar-refractivity contribution in [1.82, 2.24) is 9.91 Å². The van der Waals surface area contributed by atoms with E-state index in [9.17, 15) is 0 Å². The topological polar surface area (TPSA) is 58.5 Å². The molecule has 2 rings (SSSR count). The number of rotatable bonds is 2. The first kappa shape index (κ1) is 12.0. The van der Waals surface area contributed by atoms with Gasteiger partial charge in [-0.05, 0) is 12.5 Å². The van der Waals surface area contributed by atoms with Crippen molar-refractivity contribution in [1.29, 1.82) is 0 Å². The fraction of sp³-hybridized carbons (Fsp3) is 0.385. The highest BCUT2D eigenvalue weighted by Gasteiger charge is 2.24. The summed E-state index contributed by atoms with van der Waals surface area (Å²) in [5.74, 6) is 5.89. The molecule has 1 saturated heterocycles. The average Bonchev–Trinajstić information content (AvgIpc) is 2.34. The van der Waals surface area contributed by atoms with Gasteiger partial charge < -0.3 is 10.7 Å². The van der Waals surface area contributed by atoms with Crippen molar-refractivity contribution in [3.63, 3.8) is 0 Å². The Bertz CT molecular complexity index is 388. The highest BCUT2D eigenvalue weighted by atomic mass is 15.5. The molecule has 1 aliphatic heterocycles. The van der Waals surface area contributed by atoms with E-state index in [0.717, 1.165) is 25.3 Å². The minimum atomic E-state index is 0.434. The summed E-state index contributed by atoms with van der Waals surface area (Å²) in [4.78, 5) is 2.39. The van der Waals surface area contributed by atoms with E-state index >= 15 is 0 Å². The van der Waals surface area contributed by atoms with Gasteiger partial charge in [-0.15, -0.1) is 0 Å². The van der Waals surface area contributed by atoms with Crippen molar-refractivity contribution in [3.8, 4) is 0 Å². The van der Waals surface area contributed by atoms with Crippen LogP contribution in [0.1, 0.15) is 12.5 Å². The van der Waals surface area contributed by atoms with Crippen molar-refractivity contribution >= 4 is 0 Å². The molecular weight excluding hydrogens is 212 g/mol. The van der Waals surface area contributed by atoms with Crippen LogP contribution in [-0.4, -0.2) is 29.0 Å². The fourth-order valence-corrected chi connectivity index (χ4v) is 2.15. The zero-order chi connectivity index (χ0) is 12.3. The number of piperazine rings is 1. The Labute approximate surface area is 102 Å². The first-order chi connectivity index (χ1) is 8.20. The molecule has 0 aromatic heterocycles. The molecule has 1 unspecified atom stereocenters. The smallest absolute Gasteiger partial charge is 0.0586 e. The van der Waals surface area contributed by atoms with Gasteiger partial charge in [-0.25, -0.2) is 5.84 Å². The van der Waals surface area contributed by atoms with E-state index in [2.05, 4.69) is 36.1 Å². The maximum Gasteiger partial charge on any atom is 0.0586 e. The van der Waals surface area contributed by atoms with Gasteiger partial charge in [0.1, 0.15) is 0 Å². The SMILES string of the molecule is CC1CN(N)/C(=C\N)CN1Cc1ccccc1. The van der Waals surface area contributed by atoms with Gasteiger partial charge in [0.15, 0.2) is 0 Å². The minimum absolute atomic E-state index is 0.434. The maximum absolute atomic E-state index is 5.89. The Hall–Kier alpha value is -1.52. The number of hydrogen-bond donors (Lipinski definition) is 2. The van der Waals surface area contributed by atoms with E-state index in [0.29, 0.717) is 6.04 Å². The molecule has 1 atom stereocenters. The highest BCUT2D eigenvalue weighted by Crippen LogP contribution is 2.17. The van der Waals surface area contributed by atoms with E-state index in [1.807, 2.05) is 6.07 Å². The molecule has 1 aromatic carbocycles. The average molecular weight is 232 g/mol. The Balaban J connectivity index is 2.06. The molecule has 0 bridgehead atoms. The van der Waals surface area contributed by atoms with Crippen LogP contribution < -0.4 is 11.6 Å². The van der Waals surface area contributed by atoms with Crippen LogP contribution in [0.25, 0.3) is 0 Å². The van der Waals surface area contributed by atoms with E-state index in [4.69, 9.17) is 11.6 Å². The molecule has 1 aliphatic rings. The largest absolute Gasteiger partial charge is 0.403 e. The molecule has 4 N–H and O–H groups in total. The Morgan fingerprint density at radius 1 is 1.35 bits per heavy atom. The van der Waals surface area contributed by atoms with Crippen LogP contribution in [0.2, 0.25) is 0 Å². The van der Waals surface area contributed by atoms with Gasteiger partial charge in [-0.2, -0.15) is 0 Å². The van der Waals surface area contributed by atoms with E-state index in [-0.39, 0.29) is 0 Å². The van der Waals surface area contributed by atoms with Crippen LogP contribution in [0, 0.1) is 0 Å². The zero-order valence-electron chi connectivity index (χ0n) is 10.2. The van der Waals surface area contributed by atoms with Crippen LogP contribution in [0.5, 0.6) is 0 Å². The molecule has 0 saturated carbocycles. The number of benzene rings is 1. The fourth-order valence-electron chi connectivity index (χ4n) is 2.15. The van der Waals surface area contributed by atoms with Crippen LogP contribution in [0.3, 0.4) is 0 Å². The summed E-state index contributed by atoms with van der Waals surface area (Å²) in [6, 6.07) is 10.9. The lowest BCUT2D eigenvalue weighted by Crippen LogP contribution is -2.52. The molecule has 17 heavy (non-hydrogen) atoms. The molecule has 0 aliphatic carbocycles. The monoisotopic (exact) mass is 232 g/mol. The predicted octanol–water partition coefficient (Wildman–Crippen LogP) is 0.867. The summed E-state index contributed by atoms with van der Waals surface area (Å²) in [6.45, 7) is 4.75. The highest BCUT2D eigenvalue weighted by molar-refractivity contribution is 5.16. The van der Waals surface area contributed by atoms with Gasteiger partial charge >= 0.3 is 0 Å². The van der Waals surface area contributed by atoms with E-state index in [1.54, 1.807) is 11.2 Å². The summed E-state index contributed by atoms with van der Waals surface area (Å²) < 4.78 is 0. The lowest BCUT2D eigenvalue weighted by atomic mass is 10.1. The molecule has 0 radical (unpaired) electrons. The lowest BCUT2D eigenvalue weighted by molar-refractivity contribution is 0.114. The maximum atomic E-state index is 5.89. The summed E-state index contributed by atoms with van der Waals surface area (Å²) in [6.07, 6.45) is 1.60. The van der Waals surface area contributed by atoms with Crippen LogP contribution >= 0.6 is 0 Å².